The molecule has 0 aliphatic carbocycles. The Bertz CT molecular complexity index is 1150. The maximum Gasteiger partial charge on any atom is 0.202 e. The van der Waals surface area contributed by atoms with Gasteiger partial charge in [0, 0.05) is 6.07 Å². The average Bonchev–Trinajstić information content (AvgIpc) is 2.77. The van der Waals surface area contributed by atoms with Crippen molar-refractivity contribution in [2.24, 2.45) is 0 Å². The summed E-state index contributed by atoms with van der Waals surface area (Å²) in [6.07, 6.45) is 4.05. The number of ether oxygens (including phenoxy) is 1. The molecule has 1 radical (unpaired) electrons. The second-order valence-electron chi connectivity index (χ2n) is 7.32. The number of aryl methyl sites for hydroxylation is 1. The van der Waals surface area contributed by atoms with Crippen molar-refractivity contribution < 1.29 is 27.4 Å². The van der Waals surface area contributed by atoms with Gasteiger partial charge in [-0.2, -0.15) is 9.65 Å². The van der Waals surface area contributed by atoms with Gasteiger partial charge < -0.3 is 4.74 Å². The van der Waals surface area contributed by atoms with E-state index in [1.807, 2.05) is 0 Å². The van der Waals surface area contributed by atoms with Gasteiger partial charge in [0.1, 0.15) is 24.3 Å². The third-order valence-corrected chi connectivity index (χ3v) is 5.13. The minimum absolute atomic E-state index is 0.281. The zero-order valence-electron chi connectivity index (χ0n) is 17.4. The smallest absolute Gasteiger partial charge is 0.202 e. The van der Waals surface area contributed by atoms with Gasteiger partial charge in [-0.15, -0.1) is 0 Å². The second kappa shape index (κ2) is 10.2. The van der Waals surface area contributed by atoms with Gasteiger partial charge in [0.15, 0.2) is 17.3 Å². The molecule has 0 saturated heterocycles. The van der Waals surface area contributed by atoms with E-state index < -0.39 is 52.5 Å². The molecule has 0 aromatic heterocycles. The van der Waals surface area contributed by atoms with Crippen molar-refractivity contribution in [3.05, 3.63) is 82.4 Å². The maximum atomic E-state index is 15.1. The molecule has 0 aliphatic rings. The summed E-state index contributed by atoms with van der Waals surface area (Å²) < 4.78 is 62.2. The van der Waals surface area contributed by atoms with E-state index in [4.69, 9.17) is 10.00 Å². The van der Waals surface area contributed by atoms with Gasteiger partial charge in [-0.3, -0.25) is 5.11 Å². The Balaban J connectivity index is 1.87. The van der Waals surface area contributed by atoms with Crippen LogP contribution in [-0.4, -0.2) is 0 Å². The zero-order chi connectivity index (χ0) is 23.3. The molecule has 3 rings (SSSR count). The van der Waals surface area contributed by atoms with Crippen LogP contribution in [-0.2, 0) is 18.1 Å². The highest BCUT2D eigenvalue weighted by molar-refractivity contribution is 5.72. The predicted octanol–water partition coefficient (Wildman–Crippen LogP) is 7.24. The van der Waals surface area contributed by atoms with Crippen molar-refractivity contribution in [3.8, 4) is 28.7 Å². The summed E-state index contributed by atoms with van der Waals surface area (Å²) in [5, 5.41) is 21.0. The van der Waals surface area contributed by atoms with Crippen LogP contribution in [0, 0.1) is 34.6 Å². The molecule has 165 valence electrons. The predicted molar refractivity (Wildman–Crippen MR) is 111 cm³/mol. The lowest BCUT2D eigenvalue weighted by Gasteiger charge is -2.13. The molecule has 32 heavy (non-hydrogen) atoms. The first-order valence-corrected chi connectivity index (χ1v) is 10.2. The molecule has 0 saturated carbocycles. The molecule has 0 atom stereocenters. The van der Waals surface area contributed by atoms with Gasteiger partial charge in [-0.25, -0.2) is 13.2 Å². The number of halogens is 4. The van der Waals surface area contributed by atoms with Crippen LogP contribution in [0.2, 0.25) is 0 Å². The summed E-state index contributed by atoms with van der Waals surface area (Å²) in [4.78, 5) is 0. The third kappa shape index (κ3) is 4.86. The van der Waals surface area contributed by atoms with E-state index in [9.17, 15) is 18.3 Å². The lowest BCUT2D eigenvalue weighted by molar-refractivity contribution is 0.272. The molecule has 0 heterocycles. The Labute approximate surface area is 183 Å². The largest absolute Gasteiger partial charge is 0.485 e. The first-order valence-electron chi connectivity index (χ1n) is 10.2. The van der Waals surface area contributed by atoms with Crippen molar-refractivity contribution in [2.75, 3.05) is 0 Å². The summed E-state index contributed by atoms with van der Waals surface area (Å²) in [6.45, 7) is 1.33. The summed E-state index contributed by atoms with van der Waals surface area (Å²) in [5.41, 5.74) is -0.113. The molecule has 0 N–H and O–H groups in total. The van der Waals surface area contributed by atoms with Crippen LogP contribution in [0.5, 0.6) is 11.5 Å². The molecule has 3 aromatic rings. The fourth-order valence-electron chi connectivity index (χ4n) is 3.34. The van der Waals surface area contributed by atoms with Crippen LogP contribution in [0.1, 0.15) is 42.9 Å². The van der Waals surface area contributed by atoms with E-state index in [0.29, 0.717) is 6.07 Å². The van der Waals surface area contributed by atoms with Crippen molar-refractivity contribution in [3.63, 3.8) is 0 Å². The highest BCUT2D eigenvalue weighted by Crippen LogP contribution is 2.36. The molecule has 7 heteroatoms. The summed E-state index contributed by atoms with van der Waals surface area (Å²) in [6, 6.07) is 10.9. The van der Waals surface area contributed by atoms with Gasteiger partial charge in [0.25, 0.3) is 0 Å². The van der Waals surface area contributed by atoms with Crippen LogP contribution >= 0.6 is 0 Å². The highest BCUT2D eigenvalue weighted by Gasteiger charge is 2.22. The first-order chi connectivity index (χ1) is 15.4. The van der Waals surface area contributed by atoms with Gasteiger partial charge in [-0.1, -0.05) is 44.0 Å². The second-order valence-corrected chi connectivity index (χ2v) is 7.32. The molecule has 0 unspecified atom stereocenters. The lowest BCUT2D eigenvalue weighted by atomic mass is 9.98. The standard InChI is InChI=1S/C25H20F4NO2/c1-2-3-4-5-15-6-8-16(9-7-15)22-20(31)12-19(26)18(24(22)28)14-32-21-11-10-17(13-30)23(27)25(21)29/h6-12H,2-5,14H2,1H3. The van der Waals surface area contributed by atoms with Gasteiger partial charge in [0.05, 0.1) is 16.7 Å². The normalized spacial score (nSPS) is 10.8. The number of nitrogens with zero attached hydrogens (tertiary/aromatic N) is 1. The SMILES string of the molecule is CCCCCc1ccc(-c2c([O])cc(F)c(COc3ccc(C#N)c(F)c3F)c2F)cc1. The van der Waals surface area contributed by atoms with Crippen LogP contribution < -0.4 is 4.74 Å². The topological polar surface area (TPSA) is 52.9 Å². The van der Waals surface area contributed by atoms with E-state index >= 15 is 4.39 Å². The van der Waals surface area contributed by atoms with Gasteiger partial charge >= 0.3 is 0 Å². The Morgan fingerprint density at radius 1 is 0.938 bits per heavy atom. The van der Waals surface area contributed by atoms with Crippen LogP contribution in [0.3, 0.4) is 0 Å². The fraction of sp³-hybridized carbons (Fsp3) is 0.240. The van der Waals surface area contributed by atoms with Crippen molar-refractivity contribution in [2.45, 2.75) is 39.2 Å². The third-order valence-electron chi connectivity index (χ3n) is 5.13. The van der Waals surface area contributed by atoms with Gasteiger partial charge in [-0.05, 0) is 36.1 Å². The molecule has 0 fully saturated rings. The molecule has 0 spiro atoms. The highest BCUT2D eigenvalue weighted by atomic mass is 19.2. The molecule has 0 aliphatic heterocycles. The van der Waals surface area contributed by atoms with E-state index in [2.05, 4.69) is 6.92 Å². The summed E-state index contributed by atoms with van der Waals surface area (Å²) >= 11 is 0. The number of rotatable bonds is 8. The maximum absolute atomic E-state index is 15.1. The van der Waals surface area contributed by atoms with Crippen LogP contribution in [0.25, 0.3) is 11.1 Å². The monoisotopic (exact) mass is 442 g/mol. The molecular weight excluding hydrogens is 422 g/mol. The van der Waals surface area contributed by atoms with Crippen LogP contribution in [0.4, 0.5) is 17.6 Å². The molecule has 0 bridgehead atoms. The minimum Gasteiger partial charge on any atom is -0.485 e. The summed E-state index contributed by atoms with van der Waals surface area (Å²) in [7, 11) is 0. The van der Waals surface area contributed by atoms with E-state index in [0.717, 1.165) is 43.4 Å². The van der Waals surface area contributed by atoms with E-state index in [1.54, 1.807) is 24.3 Å². The first kappa shape index (κ1) is 23.1. The number of nitriles is 1. The molecule has 0 amide bonds. The quantitative estimate of drug-likeness (QED) is 0.273. The van der Waals surface area contributed by atoms with Crippen molar-refractivity contribution in [1.82, 2.24) is 0 Å². The Kier molecular flexibility index (Phi) is 7.37. The number of hydrogen-bond donors (Lipinski definition) is 0. The molecular formula is C25H20F4NO2. The van der Waals surface area contributed by atoms with Gasteiger partial charge in [0.2, 0.25) is 5.82 Å². The Morgan fingerprint density at radius 3 is 2.31 bits per heavy atom. The number of hydrogen-bond acceptors (Lipinski definition) is 2. The van der Waals surface area contributed by atoms with Crippen LogP contribution in [0.15, 0.2) is 42.5 Å². The van der Waals surface area contributed by atoms with Crippen molar-refractivity contribution in [1.29, 1.82) is 5.26 Å². The fourth-order valence-corrected chi connectivity index (χ4v) is 3.34. The Hall–Kier alpha value is -3.53. The lowest BCUT2D eigenvalue weighted by Crippen LogP contribution is -2.06. The number of benzene rings is 3. The Morgan fingerprint density at radius 2 is 1.66 bits per heavy atom. The average molecular weight is 442 g/mol. The van der Waals surface area contributed by atoms with E-state index in [1.165, 1.54) is 6.07 Å². The molecule has 3 aromatic carbocycles. The van der Waals surface area contributed by atoms with E-state index in [-0.39, 0.29) is 11.1 Å². The minimum atomic E-state index is -1.44. The zero-order valence-corrected chi connectivity index (χ0v) is 17.4. The van der Waals surface area contributed by atoms with Crippen molar-refractivity contribution >= 4 is 0 Å². The molecule has 3 nitrogen and oxygen atoms in total. The number of unbranched alkanes of at least 4 members (excludes halogenated alkanes) is 2. The summed E-state index contributed by atoms with van der Waals surface area (Å²) in [5.74, 6) is -6.57.